The van der Waals surface area contributed by atoms with Gasteiger partial charge in [0.15, 0.2) is 23.9 Å². The van der Waals surface area contributed by atoms with E-state index in [0.717, 1.165) is 5.56 Å². The number of carbonyl (C=O) groups is 2. The zero-order valence-corrected chi connectivity index (χ0v) is 18.4. The summed E-state index contributed by atoms with van der Waals surface area (Å²) in [4.78, 5) is 24.0. The minimum absolute atomic E-state index is 0.105. The van der Waals surface area contributed by atoms with Crippen LogP contribution in [-0.4, -0.2) is 32.1 Å². The van der Waals surface area contributed by atoms with Crippen molar-refractivity contribution >= 4 is 11.8 Å². The summed E-state index contributed by atoms with van der Waals surface area (Å²) in [5.41, 5.74) is 0.775. The number of methoxy groups -OCH3 is 1. The molecule has 2 N–H and O–H groups in total. The molecule has 8 nitrogen and oxygen atoms in total. The molecule has 1 aromatic heterocycles. The topological polar surface area (TPSA) is 99.0 Å². The van der Waals surface area contributed by atoms with Gasteiger partial charge >= 0.3 is 0 Å². The first-order valence-corrected chi connectivity index (χ1v) is 10.3. The maximum atomic E-state index is 12.9. The van der Waals surface area contributed by atoms with Gasteiger partial charge in [0.2, 0.25) is 0 Å². The maximum absolute atomic E-state index is 12.9. The molecule has 0 atom stereocenters. The third-order valence-electron chi connectivity index (χ3n) is 4.49. The molecular weight excluding hydrogens is 431 g/mol. The number of amides is 2. The Bertz CT molecular complexity index is 1080. The van der Waals surface area contributed by atoms with Gasteiger partial charge in [-0.25, -0.2) is 4.39 Å². The summed E-state index contributed by atoms with van der Waals surface area (Å²) in [7, 11) is 1.50. The van der Waals surface area contributed by atoms with Crippen molar-refractivity contribution in [1.29, 1.82) is 0 Å². The molecule has 0 spiro atoms. The average molecular weight is 456 g/mol. The van der Waals surface area contributed by atoms with E-state index >= 15 is 0 Å². The van der Waals surface area contributed by atoms with Gasteiger partial charge in [-0.05, 0) is 61.0 Å². The highest BCUT2D eigenvalue weighted by Gasteiger charge is 2.13. The van der Waals surface area contributed by atoms with E-state index in [-0.39, 0.29) is 37.2 Å². The fourth-order valence-electron chi connectivity index (χ4n) is 2.86. The van der Waals surface area contributed by atoms with Gasteiger partial charge in [-0.3, -0.25) is 9.59 Å². The number of benzene rings is 2. The molecule has 2 amide bonds. The summed E-state index contributed by atoms with van der Waals surface area (Å²) in [6, 6.07) is 14.0. The van der Waals surface area contributed by atoms with Crippen LogP contribution in [0.15, 0.2) is 59.0 Å². The van der Waals surface area contributed by atoms with E-state index in [0.29, 0.717) is 29.6 Å². The van der Waals surface area contributed by atoms with Crippen LogP contribution >= 0.6 is 0 Å². The van der Waals surface area contributed by atoms with Crippen LogP contribution in [0.5, 0.6) is 17.2 Å². The van der Waals surface area contributed by atoms with Crippen molar-refractivity contribution in [3.63, 3.8) is 0 Å². The second-order valence-corrected chi connectivity index (χ2v) is 6.92. The highest BCUT2D eigenvalue weighted by Crippen LogP contribution is 2.28. The Morgan fingerprint density at radius 2 is 1.76 bits per heavy atom. The predicted octanol–water partition coefficient (Wildman–Crippen LogP) is 3.45. The largest absolute Gasteiger partial charge is 0.493 e. The van der Waals surface area contributed by atoms with E-state index in [1.165, 1.54) is 31.4 Å². The molecule has 1 heterocycles. The number of rotatable bonds is 11. The number of hydrogen-bond donors (Lipinski definition) is 2. The first-order valence-electron chi connectivity index (χ1n) is 10.3. The van der Waals surface area contributed by atoms with E-state index in [1.807, 2.05) is 6.92 Å². The molecule has 2 aromatic carbocycles. The molecule has 3 aromatic rings. The number of likely N-dealkylation sites (N-methyl/N-ethyl adjacent to an activating group) is 1. The molecule has 0 fully saturated rings. The molecule has 0 unspecified atom stereocenters. The lowest BCUT2D eigenvalue weighted by atomic mass is 10.2. The summed E-state index contributed by atoms with van der Waals surface area (Å²) < 4.78 is 34.8. The lowest BCUT2D eigenvalue weighted by Gasteiger charge is -2.12. The number of hydrogen-bond acceptors (Lipinski definition) is 6. The van der Waals surface area contributed by atoms with E-state index in [9.17, 15) is 14.0 Å². The SMILES string of the molecule is CCNC(=O)COc1ccc(CNC(=O)c2ccc(COc3ccc(F)cc3)o2)cc1OC. The standard InChI is InChI=1S/C24H25FN2O6/c1-3-26-23(28)15-32-20-10-4-16(12-22(20)30-2)13-27-24(29)21-11-9-19(33-21)14-31-18-7-5-17(25)6-8-18/h4-12H,3,13-15H2,1-2H3,(H,26,28)(H,27,29). The zero-order valence-electron chi connectivity index (χ0n) is 18.4. The Labute approximate surface area is 190 Å². The molecule has 174 valence electrons. The normalized spacial score (nSPS) is 10.4. The molecule has 0 aliphatic heterocycles. The molecule has 3 rings (SSSR count). The molecule has 0 bridgehead atoms. The number of furan rings is 1. The van der Waals surface area contributed by atoms with Gasteiger partial charge in [-0.15, -0.1) is 0 Å². The Morgan fingerprint density at radius 3 is 2.48 bits per heavy atom. The minimum atomic E-state index is -0.390. The third kappa shape index (κ3) is 6.99. The minimum Gasteiger partial charge on any atom is -0.493 e. The molecule has 9 heteroatoms. The fraction of sp³-hybridized carbons (Fsp3) is 0.250. The van der Waals surface area contributed by atoms with Gasteiger partial charge in [0.25, 0.3) is 11.8 Å². The summed E-state index contributed by atoms with van der Waals surface area (Å²) in [5.74, 6) is 1.00. The fourth-order valence-corrected chi connectivity index (χ4v) is 2.86. The number of carbonyl (C=O) groups excluding carboxylic acids is 2. The van der Waals surface area contributed by atoms with Crippen molar-refractivity contribution in [2.24, 2.45) is 0 Å². The maximum Gasteiger partial charge on any atom is 0.287 e. The van der Waals surface area contributed by atoms with E-state index in [1.54, 1.807) is 30.3 Å². The van der Waals surface area contributed by atoms with Crippen molar-refractivity contribution in [3.8, 4) is 17.2 Å². The predicted molar refractivity (Wildman–Crippen MR) is 118 cm³/mol. The first-order chi connectivity index (χ1) is 16.0. The van der Waals surface area contributed by atoms with Crippen LogP contribution in [-0.2, 0) is 17.9 Å². The van der Waals surface area contributed by atoms with Gasteiger partial charge in [0.05, 0.1) is 7.11 Å². The molecule has 33 heavy (non-hydrogen) atoms. The van der Waals surface area contributed by atoms with Gasteiger partial charge < -0.3 is 29.3 Å². The Hall–Kier alpha value is -4.01. The summed E-state index contributed by atoms with van der Waals surface area (Å²) in [6.45, 7) is 2.57. The van der Waals surface area contributed by atoms with Crippen molar-refractivity contribution < 1.29 is 32.6 Å². The molecule has 0 aliphatic rings. The third-order valence-corrected chi connectivity index (χ3v) is 4.49. The van der Waals surface area contributed by atoms with Gasteiger partial charge in [0.1, 0.15) is 23.9 Å². The van der Waals surface area contributed by atoms with Crippen molar-refractivity contribution in [2.75, 3.05) is 20.3 Å². The van der Waals surface area contributed by atoms with E-state index in [4.69, 9.17) is 18.6 Å². The zero-order chi connectivity index (χ0) is 23.6. The Kier molecular flexibility index (Phi) is 8.29. The molecule has 0 radical (unpaired) electrons. The number of ether oxygens (including phenoxy) is 3. The average Bonchev–Trinajstić information content (AvgIpc) is 3.30. The van der Waals surface area contributed by atoms with Crippen LogP contribution in [0.25, 0.3) is 0 Å². The highest BCUT2D eigenvalue weighted by molar-refractivity contribution is 5.91. The van der Waals surface area contributed by atoms with Crippen LogP contribution < -0.4 is 24.8 Å². The second-order valence-electron chi connectivity index (χ2n) is 6.92. The first kappa shape index (κ1) is 23.6. The second kappa shape index (κ2) is 11.6. The lowest BCUT2D eigenvalue weighted by molar-refractivity contribution is -0.123. The smallest absolute Gasteiger partial charge is 0.287 e. The van der Waals surface area contributed by atoms with Crippen LogP contribution in [0.4, 0.5) is 4.39 Å². The van der Waals surface area contributed by atoms with Gasteiger partial charge in [0, 0.05) is 13.1 Å². The summed E-state index contributed by atoms with van der Waals surface area (Å²) in [6.07, 6.45) is 0. The van der Waals surface area contributed by atoms with Crippen molar-refractivity contribution in [2.45, 2.75) is 20.1 Å². The Morgan fingerprint density at radius 1 is 0.970 bits per heavy atom. The number of halogens is 1. The lowest BCUT2D eigenvalue weighted by Crippen LogP contribution is -2.28. The quantitative estimate of drug-likeness (QED) is 0.459. The van der Waals surface area contributed by atoms with Gasteiger partial charge in [-0.2, -0.15) is 0 Å². The van der Waals surface area contributed by atoms with E-state index in [2.05, 4.69) is 10.6 Å². The van der Waals surface area contributed by atoms with Crippen LogP contribution in [0.2, 0.25) is 0 Å². The van der Waals surface area contributed by atoms with E-state index < -0.39 is 5.91 Å². The summed E-state index contributed by atoms with van der Waals surface area (Å²) in [5, 5.41) is 5.42. The monoisotopic (exact) mass is 456 g/mol. The van der Waals surface area contributed by atoms with Crippen LogP contribution in [0.3, 0.4) is 0 Å². The molecule has 0 saturated carbocycles. The Balaban J connectivity index is 1.51. The molecule has 0 saturated heterocycles. The van der Waals surface area contributed by atoms with Gasteiger partial charge in [-0.1, -0.05) is 6.07 Å². The van der Waals surface area contributed by atoms with Crippen LogP contribution in [0, 0.1) is 5.82 Å². The molecular formula is C24H25FN2O6. The summed E-state index contributed by atoms with van der Waals surface area (Å²) >= 11 is 0. The van der Waals surface area contributed by atoms with Crippen LogP contribution in [0.1, 0.15) is 28.8 Å². The number of nitrogens with one attached hydrogen (secondary N) is 2. The molecule has 0 aliphatic carbocycles. The van der Waals surface area contributed by atoms with Crippen molar-refractivity contribution in [3.05, 3.63) is 77.5 Å². The van der Waals surface area contributed by atoms with Crippen molar-refractivity contribution in [1.82, 2.24) is 10.6 Å². The highest BCUT2D eigenvalue weighted by atomic mass is 19.1.